The van der Waals surface area contributed by atoms with Crippen LogP contribution >= 0.6 is 0 Å². The molecule has 1 aliphatic carbocycles. The minimum absolute atomic E-state index is 0.00561. The van der Waals surface area contributed by atoms with Crippen LogP contribution in [0.2, 0.25) is 0 Å². The van der Waals surface area contributed by atoms with Gasteiger partial charge in [0.15, 0.2) is 0 Å². The van der Waals surface area contributed by atoms with E-state index in [1.165, 1.54) is 0 Å². The third-order valence-corrected chi connectivity index (χ3v) is 5.20. The molecule has 0 aliphatic heterocycles. The van der Waals surface area contributed by atoms with Crippen molar-refractivity contribution < 1.29 is 13.6 Å². The van der Waals surface area contributed by atoms with Crippen molar-refractivity contribution >= 4 is 22.5 Å². The zero-order valence-corrected chi connectivity index (χ0v) is 15.3. The summed E-state index contributed by atoms with van der Waals surface area (Å²) in [5.41, 5.74) is 2.03. The lowest BCUT2D eigenvalue weighted by Gasteiger charge is -2.30. The Balaban J connectivity index is 1.35. The van der Waals surface area contributed by atoms with Gasteiger partial charge < -0.3 is 10.6 Å². The summed E-state index contributed by atoms with van der Waals surface area (Å²) in [7, 11) is 0. The van der Waals surface area contributed by atoms with Crippen LogP contribution in [0.1, 0.15) is 36.0 Å². The van der Waals surface area contributed by atoms with E-state index in [0.717, 1.165) is 60.5 Å². The second-order valence-corrected chi connectivity index (χ2v) is 7.20. The Morgan fingerprint density at radius 3 is 2.36 bits per heavy atom. The van der Waals surface area contributed by atoms with Crippen molar-refractivity contribution in [3.05, 3.63) is 71.9 Å². The smallest absolute Gasteiger partial charge is 0.251 e. The van der Waals surface area contributed by atoms with Crippen molar-refractivity contribution in [3.8, 4) is 0 Å². The molecule has 0 spiro atoms. The normalized spacial score (nSPS) is 19.4. The Morgan fingerprint density at radius 1 is 0.929 bits per heavy atom. The maximum absolute atomic E-state index is 13.3. The van der Waals surface area contributed by atoms with E-state index in [0.29, 0.717) is 6.04 Å². The number of para-hydroxylation sites is 1. The van der Waals surface area contributed by atoms with Crippen LogP contribution in [0.25, 0.3) is 10.9 Å². The maximum Gasteiger partial charge on any atom is 0.251 e. The number of anilines is 1. The van der Waals surface area contributed by atoms with Gasteiger partial charge in [-0.2, -0.15) is 0 Å². The standard InChI is InChI=1S/C22H21F2N3O/c23-15-11-14(12-16(24)13-15)22(28)27-18-7-5-17(6-8-18)26-21-9-10-25-20-4-2-1-3-19(20)21/h1-4,9-13,17-18H,5-8H2,(H,25,26)(H,27,28)/t17-,18+. The van der Waals surface area contributed by atoms with Crippen LogP contribution in [0, 0.1) is 11.6 Å². The van der Waals surface area contributed by atoms with Crippen LogP contribution in [-0.4, -0.2) is 23.0 Å². The van der Waals surface area contributed by atoms with Gasteiger partial charge in [0.25, 0.3) is 5.91 Å². The highest BCUT2D eigenvalue weighted by Crippen LogP contribution is 2.26. The van der Waals surface area contributed by atoms with Gasteiger partial charge in [0, 0.05) is 41.0 Å². The molecule has 1 heterocycles. The lowest BCUT2D eigenvalue weighted by Crippen LogP contribution is -2.40. The fourth-order valence-electron chi connectivity index (χ4n) is 3.78. The summed E-state index contributed by atoms with van der Waals surface area (Å²) >= 11 is 0. The third kappa shape index (κ3) is 4.11. The number of hydrogen-bond acceptors (Lipinski definition) is 3. The number of nitrogens with one attached hydrogen (secondary N) is 2. The molecule has 0 bridgehead atoms. The number of rotatable bonds is 4. The van der Waals surface area contributed by atoms with Gasteiger partial charge in [-0.25, -0.2) is 8.78 Å². The van der Waals surface area contributed by atoms with E-state index in [-0.39, 0.29) is 11.6 Å². The number of carbonyl (C=O) groups is 1. The fourth-order valence-corrected chi connectivity index (χ4v) is 3.78. The number of benzene rings is 2. The van der Waals surface area contributed by atoms with Crippen molar-refractivity contribution in [2.75, 3.05) is 5.32 Å². The molecular formula is C22H21F2N3O. The van der Waals surface area contributed by atoms with E-state index in [9.17, 15) is 13.6 Å². The van der Waals surface area contributed by atoms with Gasteiger partial charge in [-0.1, -0.05) is 18.2 Å². The first-order valence-electron chi connectivity index (χ1n) is 9.46. The average Bonchev–Trinajstić information content (AvgIpc) is 2.69. The molecule has 1 aromatic heterocycles. The quantitative estimate of drug-likeness (QED) is 0.691. The summed E-state index contributed by atoms with van der Waals surface area (Å²) in [6, 6.07) is 13.2. The van der Waals surface area contributed by atoms with Gasteiger partial charge in [0.1, 0.15) is 11.6 Å². The Kier molecular flexibility index (Phi) is 5.19. The van der Waals surface area contributed by atoms with E-state index >= 15 is 0 Å². The van der Waals surface area contributed by atoms with Crippen LogP contribution in [0.15, 0.2) is 54.7 Å². The highest BCUT2D eigenvalue weighted by Gasteiger charge is 2.23. The van der Waals surface area contributed by atoms with Crippen molar-refractivity contribution in [2.24, 2.45) is 0 Å². The summed E-state index contributed by atoms with van der Waals surface area (Å²) in [4.78, 5) is 16.6. The molecule has 4 nitrogen and oxygen atoms in total. The van der Waals surface area contributed by atoms with Gasteiger partial charge in [0.2, 0.25) is 0 Å². The molecule has 1 amide bonds. The van der Waals surface area contributed by atoms with Crippen molar-refractivity contribution in [1.29, 1.82) is 0 Å². The van der Waals surface area contributed by atoms with Crippen molar-refractivity contribution in [3.63, 3.8) is 0 Å². The van der Waals surface area contributed by atoms with E-state index in [2.05, 4.69) is 21.7 Å². The first kappa shape index (κ1) is 18.3. The minimum atomic E-state index is -0.748. The molecule has 2 N–H and O–H groups in total. The molecule has 2 aromatic carbocycles. The molecule has 1 aliphatic rings. The summed E-state index contributed by atoms with van der Waals surface area (Å²) in [5, 5.41) is 7.58. The maximum atomic E-state index is 13.3. The van der Waals surface area contributed by atoms with Crippen LogP contribution in [0.4, 0.5) is 14.5 Å². The Labute approximate surface area is 162 Å². The highest BCUT2D eigenvalue weighted by molar-refractivity contribution is 5.94. The fraction of sp³-hybridized carbons (Fsp3) is 0.273. The number of pyridine rings is 1. The SMILES string of the molecule is O=C(N[C@H]1CC[C@@H](Nc2ccnc3ccccc23)CC1)c1cc(F)cc(F)c1. The summed E-state index contributed by atoms with van der Waals surface area (Å²) in [5.74, 6) is -1.93. The van der Waals surface area contributed by atoms with Gasteiger partial charge >= 0.3 is 0 Å². The van der Waals surface area contributed by atoms with Crippen molar-refractivity contribution in [1.82, 2.24) is 10.3 Å². The molecule has 144 valence electrons. The third-order valence-electron chi connectivity index (χ3n) is 5.20. The van der Waals surface area contributed by atoms with Crippen LogP contribution in [-0.2, 0) is 0 Å². The van der Waals surface area contributed by atoms with E-state index in [4.69, 9.17) is 0 Å². The Hall–Kier alpha value is -3.02. The average molecular weight is 381 g/mol. The molecular weight excluding hydrogens is 360 g/mol. The van der Waals surface area contributed by atoms with Gasteiger partial charge in [0.05, 0.1) is 5.52 Å². The summed E-state index contributed by atoms with van der Waals surface area (Å²) in [6.45, 7) is 0. The largest absolute Gasteiger partial charge is 0.382 e. The summed E-state index contributed by atoms with van der Waals surface area (Å²) < 4.78 is 26.6. The molecule has 28 heavy (non-hydrogen) atoms. The lowest BCUT2D eigenvalue weighted by molar-refractivity contribution is 0.0925. The topological polar surface area (TPSA) is 54.0 Å². The van der Waals surface area contributed by atoms with Crippen LogP contribution in [0.5, 0.6) is 0 Å². The van der Waals surface area contributed by atoms with Crippen LogP contribution < -0.4 is 10.6 Å². The molecule has 1 fully saturated rings. The van der Waals surface area contributed by atoms with Crippen molar-refractivity contribution in [2.45, 2.75) is 37.8 Å². The molecule has 0 unspecified atom stereocenters. The Bertz CT molecular complexity index is 974. The first-order chi connectivity index (χ1) is 13.6. The number of aromatic nitrogens is 1. The molecule has 0 radical (unpaired) electrons. The minimum Gasteiger partial charge on any atom is -0.382 e. The number of halogens is 2. The Morgan fingerprint density at radius 2 is 1.61 bits per heavy atom. The van der Waals surface area contributed by atoms with Gasteiger partial charge in [-0.3, -0.25) is 9.78 Å². The molecule has 4 rings (SSSR count). The second kappa shape index (κ2) is 7.92. The molecule has 0 atom stereocenters. The number of nitrogens with zero attached hydrogens (tertiary/aromatic N) is 1. The first-order valence-corrected chi connectivity index (χ1v) is 9.46. The molecule has 0 saturated heterocycles. The number of carbonyl (C=O) groups excluding carboxylic acids is 1. The molecule has 1 saturated carbocycles. The number of fused-ring (bicyclic) bond motifs is 1. The van der Waals surface area contributed by atoms with Crippen LogP contribution in [0.3, 0.4) is 0 Å². The molecule has 6 heteroatoms. The van der Waals surface area contributed by atoms with E-state index in [1.807, 2.05) is 24.3 Å². The highest BCUT2D eigenvalue weighted by atomic mass is 19.1. The zero-order valence-electron chi connectivity index (χ0n) is 15.3. The summed E-state index contributed by atoms with van der Waals surface area (Å²) in [6.07, 6.45) is 5.22. The predicted molar refractivity (Wildman–Crippen MR) is 105 cm³/mol. The number of hydrogen-bond donors (Lipinski definition) is 2. The zero-order chi connectivity index (χ0) is 19.5. The van der Waals surface area contributed by atoms with Gasteiger partial charge in [-0.05, 0) is 49.9 Å². The predicted octanol–water partition coefficient (Wildman–Crippen LogP) is 4.67. The van der Waals surface area contributed by atoms with E-state index < -0.39 is 17.5 Å². The second-order valence-electron chi connectivity index (χ2n) is 7.20. The monoisotopic (exact) mass is 381 g/mol. The van der Waals surface area contributed by atoms with Gasteiger partial charge in [-0.15, -0.1) is 0 Å². The molecule has 3 aromatic rings. The lowest BCUT2D eigenvalue weighted by atomic mass is 9.90. The number of amides is 1. The van der Waals surface area contributed by atoms with E-state index in [1.54, 1.807) is 6.20 Å².